The van der Waals surface area contributed by atoms with E-state index < -0.39 is 0 Å². The highest BCUT2D eigenvalue weighted by atomic mass is 16.5. The van der Waals surface area contributed by atoms with E-state index in [-0.39, 0.29) is 17.3 Å². The first-order chi connectivity index (χ1) is 13.6. The van der Waals surface area contributed by atoms with Crippen molar-refractivity contribution in [3.05, 3.63) is 52.6 Å². The van der Waals surface area contributed by atoms with E-state index in [9.17, 15) is 4.79 Å². The fourth-order valence-electron chi connectivity index (χ4n) is 4.04. The molecule has 148 valence electrons. The summed E-state index contributed by atoms with van der Waals surface area (Å²) >= 11 is 0. The van der Waals surface area contributed by atoms with Crippen LogP contribution in [0.15, 0.2) is 46.2 Å². The molecule has 3 heterocycles. The lowest BCUT2D eigenvalue weighted by atomic mass is 9.99. The summed E-state index contributed by atoms with van der Waals surface area (Å²) in [6, 6.07) is 7.46. The molecule has 0 aliphatic carbocycles. The number of H-pyrrole nitrogens is 1. The molecule has 0 bridgehead atoms. The first-order valence-corrected chi connectivity index (χ1v) is 9.89. The monoisotopic (exact) mass is 381 g/mol. The number of ether oxygens (including phenoxy) is 1. The van der Waals surface area contributed by atoms with Crippen molar-refractivity contribution in [1.29, 1.82) is 0 Å². The number of hydrogen-bond acceptors (Lipinski definition) is 6. The Morgan fingerprint density at radius 2 is 2.04 bits per heavy atom. The summed E-state index contributed by atoms with van der Waals surface area (Å²) in [6.07, 6.45) is 5.88. The summed E-state index contributed by atoms with van der Waals surface area (Å²) < 4.78 is 5.92. The summed E-state index contributed by atoms with van der Waals surface area (Å²) in [4.78, 5) is 29.3. The van der Waals surface area contributed by atoms with Gasteiger partial charge in [-0.25, -0.2) is 4.98 Å². The van der Waals surface area contributed by atoms with Crippen LogP contribution in [0.1, 0.15) is 19.7 Å². The maximum Gasteiger partial charge on any atom is 0.258 e. The van der Waals surface area contributed by atoms with Gasteiger partial charge in [0.15, 0.2) is 0 Å². The van der Waals surface area contributed by atoms with Crippen LogP contribution in [0.25, 0.3) is 10.9 Å². The number of aromatic amines is 1. The number of aliphatic imine (C=N–C) groups is 1. The van der Waals surface area contributed by atoms with E-state index in [0.29, 0.717) is 24.4 Å². The molecule has 1 aromatic heterocycles. The molecule has 1 aromatic carbocycles. The summed E-state index contributed by atoms with van der Waals surface area (Å²) in [5.74, 6) is 0.717. The van der Waals surface area contributed by atoms with Crippen molar-refractivity contribution in [3.8, 4) is 0 Å². The number of allylic oxidation sites excluding steroid dienone is 1. The van der Waals surface area contributed by atoms with Crippen LogP contribution in [0.4, 0.5) is 0 Å². The van der Waals surface area contributed by atoms with Gasteiger partial charge in [-0.05, 0) is 32.1 Å². The number of nitrogens with one attached hydrogen (secondary N) is 1. The molecule has 2 aromatic rings. The molecular formula is C21H27N5O2. The quantitative estimate of drug-likeness (QED) is 0.855. The van der Waals surface area contributed by atoms with E-state index in [4.69, 9.17) is 9.73 Å². The molecule has 2 unspecified atom stereocenters. The molecule has 2 atom stereocenters. The van der Waals surface area contributed by atoms with E-state index in [1.807, 2.05) is 37.4 Å². The van der Waals surface area contributed by atoms with Gasteiger partial charge in [-0.15, -0.1) is 0 Å². The van der Waals surface area contributed by atoms with Crippen LogP contribution >= 0.6 is 0 Å². The molecular weight excluding hydrogens is 354 g/mol. The number of hydrogen-bond donors (Lipinski definition) is 1. The van der Waals surface area contributed by atoms with Crippen molar-refractivity contribution >= 4 is 17.1 Å². The largest absolute Gasteiger partial charge is 0.370 e. The van der Waals surface area contributed by atoms with Crippen LogP contribution < -0.4 is 5.56 Å². The zero-order valence-corrected chi connectivity index (χ0v) is 16.5. The van der Waals surface area contributed by atoms with Gasteiger partial charge < -0.3 is 9.72 Å². The Morgan fingerprint density at radius 3 is 2.82 bits per heavy atom. The molecule has 1 saturated heterocycles. The predicted molar refractivity (Wildman–Crippen MR) is 111 cm³/mol. The maximum atomic E-state index is 12.3. The number of dihydropyridines is 1. The summed E-state index contributed by atoms with van der Waals surface area (Å²) in [5.41, 5.74) is 0.303. The Labute approximate surface area is 164 Å². The Bertz CT molecular complexity index is 945. The van der Waals surface area contributed by atoms with E-state index >= 15 is 0 Å². The SMILES string of the molecule is CCOC1C=CC=NC1(C)N1CCN(Cc2nc3ccccc3c(=O)[nH]2)CC1. The van der Waals surface area contributed by atoms with E-state index in [0.717, 1.165) is 31.7 Å². The van der Waals surface area contributed by atoms with Gasteiger partial charge in [-0.1, -0.05) is 18.2 Å². The van der Waals surface area contributed by atoms with Crippen LogP contribution in [0, 0.1) is 0 Å². The van der Waals surface area contributed by atoms with Crippen molar-refractivity contribution < 1.29 is 4.74 Å². The molecule has 2 aliphatic heterocycles. The summed E-state index contributed by atoms with van der Waals surface area (Å²) in [6.45, 7) is 9.04. The standard InChI is InChI=1S/C21H27N5O2/c1-3-28-18-9-6-10-22-21(18,2)26-13-11-25(12-14-26)15-19-23-17-8-5-4-7-16(17)20(27)24-19/h4-10,18H,3,11-15H2,1-2H3,(H,23,24,27). The van der Waals surface area contributed by atoms with Crippen LogP contribution in [-0.2, 0) is 11.3 Å². The third-order valence-corrected chi connectivity index (χ3v) is 5.64. The van der Waals surface area contributed by atoms with Crippen LogP contribution in [0.2, 0.25) is 0 Å². The minimum Gasteiger partial charge on any atom is -0.370 e. The highest BCUT2D eigenvalue weighted by Crippen LogP contribution is 2.28. The van der Waals surface area contributed by atoms with Gasteiger partial charge in [0.25, 0.3) is 5.56 Å². The van der Waals surface area contributed by atoms with Gasteiger partial charge in [-0.2, -0.15) is 0 Å². The van der Waals surface area contributed by atoms with Crippen molar-refractivity contribution in [1.82, 2.24) is 19.8 Å². The predicted octanol–water partition coefficient (Wildman–Crippen LogP) is 1.80. The first-order valence-electron chi connectivity index (χ1n) is 9.89. The molecule has 0 spiro atoms. The number of aromatic nitrogens is 2. The van der Waals surface area contributed by atoms with Gasteiger partial charge >= 0.3 is 0 Å². The van der Waals surface area contributed by atoms with Crippen LogP contribution in [0.5, 0.6) is 0 Å². The molecule has 1 fully saturated rings. The number of rotatable bonds is 5. The molecule has 4 rings (SSSR count). The van der Waals surface area contributed by atoms with Gasteiger partial charge in [0, 0.05) is 39.0 Å². The Hall–Kier alpha value is -2.35. The first kappa shape index (κ1) is 19.0. The topological polar surface area (TPSA) is 73.8 Å². The molecule has 0 amide bonds. The zero-order chi connectivity index (χ0) is 19.6. The van der Waals surface area contributed by atoms with Crippen molar-refractivity contribution in [2.75, 3.05) is 32.8 Å². The second-order valence-corrected chi connectivity index (χ2v) is 7.43. The normalized spacial score (nSPS) is 26.1. The average molecular weight is 381 g/mol. The number of fused-ring (bicyclic) bond motifs is 1. The molecule has 28 heavy (non-hydrogen) atoms. The fourth-order valence-corrected chi connectivity index (χ4v) is 4.04. The Morgan fingerprint density at radius 1 is 1.25 bits per heavy atom. The zero-order valence-electron chi connectivity index (χ0n) is 16.5. The van der Waals surface area contributed by atoms with Crippen LogP contribution in [-0.4, -0.2) is 70.5 Å². The van der Waals surface area contributed by atoms with Gasteiger partial charge in [-0.3, -0.25) is 19.6 Å². The number of benzene rings is 1. The van der Waals surface area contributed by atoms with E-state index in [1.54, 1.807) is 6.07 Å². The third-order valence-electron chi connectivity index (χ3n) is 5.64. The van der Waals surface area contributed by atoms with Gasteiger partial charge in [0.05, 0.1) is 17.4 Å². The molecule has 0 radical (unpaired) electrons. The van der Waals surface area contributed by atoms with Crippen LogP contribution in [0.3, 0.4) is 0 Å². The fraction of sp³-hybridized carbons (Fsp3) is 0.476. The van der Waals surface area contributed by atoms with E-state index in [2.05, 4.69) is 32.8 Å². The minimum absolute atomic E-state index is 0.0347. The maximum absolute atomic E-state index is 12.3. The number of nitrogens with zero attached hydrogens (tertiary/aromatic N) is 4. The third kappa shape index (κ3) is 3.65. The lowest BCUT2D eigenvalue weighted by molar-refractivity contribution is -0.0519. The van der Waals surface area contributed by atoms with Crippen molar-refractivity contribution in [2.45, 2.75) is 32.2 Å². The number of para-hydroxylation sites is 1. The minimum atomic E-state index is -0.369. The summed E-state index contributed by atoms with van der Waals surface area (Å²) in [7, 11) is 0. The molecule has 7 heteroatoms. The molecule has 1 N–H and O–H groups in total. The van der Waals surface area contributed by atoms with Crippen molar-refractivity contribution in [3.63, 3.8) is 0 Å². The molecule has 2 aliphatic rings. The lowest BCUT2D eigenvalue weighted by Crippen LogP contribution is -2.60. The molecule has 7 nitrogen and oxygen atoms in total. The lowest BCUT2D eigenvalue weighted by Gasteiger charge is -2.46. The average Bonchev–Trinajstić information content (AvgIpc) is 2.70. The smallest absolute Gasteiger partial charge is 0.258 e. The highest BCUT2D eigenvalue weighted by Gasteiger charge is 2.41. The summed E-state index contributed by atoms with van der Waals surface area (Å²) in [5, 5.41) is 0.633. The Kier molecular flexibility index (Phi) is 5.39. The molecule has 0 saturated carbocycles. The Balaban J connectivity index is 1.43. The number of piperazine rings is 1. The second-order valence-electron chi connectivity index (χ2n) is 7.43. The highest BCUT2D eigenvalue weighted by molar-refractivity contribution is 5.77. The van der Waals surface area contributed by atoms with Crippen molar-refractivity contribution in [2.24, 2.45) is 4.99 Å². The van der Waals surface area contributed by atoms with Gasteiger partial charge in [0.1, 0.15) is 17.6 Å². The second kappa shape index (κ2) is 7.95. The van der Waals surface area contributed by atoms with Gasteiger partial charge in [0.2, 0.25) is 0 Å². The van der Waals surface area contributed by atoms with E-state index in [1.165, 1.54) is 0 Å².